The van der Waals surface area contributed by atoms with E-state index in [0.717, 1.165) is 11.3 Å². The van der Waals surface area contributed by atoms with Gasteiger partial charge in [0.1, 0.15) is 12.4 Å². The zero-order chi connectivity index (χ0) is 11.6. The predicted octanol–water partition coefficient (Wildman–Crippen LogP) is 1.28. The summed E-state index contributed by atoms with van der Waals surface area (Å²) in [4.78, 5) is 0. The molecule has 1 unspecified atom stereocenters. The van der Waals surface area contributed by atoms with E-state index in [4.69, 9.17) is 16.3 Å². The quantitative estimate of drug-likeness (QED) is 0.831. The van der Waals surface area contributed by atoms with Gasteiger partial charge in [-0.2, -0.15) is 0 Å². The zero-order valence-electron chi connectivity index (χ0n) is 8.52. The van der Waals surface area contributed by atoms with E-state index < -0.39 is 10.0 Å². The lowest BCUT2D eigenvalue weighted by Gasteiger charge is -2.11. The van der Waals surface area contributed by atoms with Crippen LogP contribution in [0.5, 0.6) is 5.75 Å². The second-order valence-corrected chi connectivity index (χ2v) is 5.78. The molecule has 1 aromatic rings. The molecular formula is C10H12ClNO3S. The fraction of sp³-hybridized carbons (Fsp3) is 0.400. The van der Waals surface area contributed by atoms with Crippen molar-refractivity contribution in [1.82, 2.24) is 4.72 Å². The number of nitrogens with one attached hydrogen (secondary N) is 1. The van der Waals surface area contributed by atoms with Gasteiger partial charge in [0, 0.05) is 11.4 Å². The first-order chi connectivity index (χ1) is 7.62. The van der Waals surface area contributed by atoms with E-state index in [0.29, 0.717) is 6.61 Å². The van der Waals surface area contributed by atoms with Crippen molar-refractivity contribution < 1.29 is 13.2 Å². The van der Waals surface area contributed by atoms with Crippen molar-refractivity contribution in [2.24, 2.45) is 0 Å². The molecule has 0 saturated carbocycles. The lowest BCUT2D eigenvalue weighted by atomic mass is 10.1. The van der Waals surface area contributed by atoms with Crippen molar-refractivity contribution >= 4 is 21.6 Å². The normalized spacial score (nSPS) is 19.2. The van der Waals surface area contributed by atoms with Gasteiger partial charge in [0.05, 0.1) is 11.8 Å². The van der Waals surface area contributed by atoms with Crippen LogP contribution >= 0.6 is 11.6 Å². The van der Waals surface area contributed by atoms with Gasteiger partial charge >= 0.3 is 0 Å². The molecule has 0 fully saturated rings. The lowest BCUT2D eigenvalue weighted by molar-refractivity contribution is 0.325. The fourth-order valence-corrected chi connectivity index (χ4v) is 3.20. The fourth-order valence-electron chi connectivity index (χ4n) is 1.64. The van der Waals surface area contributed by atoms with Crippen molar-refractivity contribution in [2.45, 2.75) is 6.04 Å². The van der Waals surface area contributed by atoms with E-state index in [1.54, 1.807) is 0 Å². The maximum atomic E-state index is 11.5. The van der Waals surface area contributed by atoms with E-state index in [9.17, 15) is 8.42 Å². The van der Waals surface area contributed by atoms with Crippen molar-refractivity contribution in [3.63, 3.8) is 0 Å². The van der Waals surface area contributed by atoms with Gasteiger partial charge in [-0.05, 0) is 6.07 Å². The van der Waals surface area contributed by atoms with Gasteiger partial charge in [-0.3, -0.25) is 0 Å². The highest BCUT2D eigenvalue weighted by Crippen LogP contribution is 2.31. The van der Waals surface area contributed by atoms with Crippen LogP contribution in [-0.2, 0) is 10.0 Å². The molecule has 16 heavy (non-hydrogen) atoms. The Kier molecular flexibility index (Phi) is 3.37. The van der Waals surface area contributed by atoms with Crippen LogP contribution in [0, 0.1) is 0 Å². The monoisotopic (exact) mass is 261 g/mol. The van der Waals surface area contributed by atoms with E-state index in [1.165, 1.54) is 0 Å². The molecular weight excluding hydrogens is 250 g/mol. The maximum Gasteiger partial charge on any atom is 0.213 e. The van der Waals surface area contributed by atoms with Gasteiger partial charge in [0.25, 0.3) is 0 Å². The molecule has 6 heteroatoms. The van der Waals surface area contributed by atoms with Gasteiger partial charge in [-0.25, -0.2) is 13.1 Å². The standard InChI is InChI=1S/C10H12ClNO3S/c11-5-6-16(13,14)12-9-7-15-10-4-2-1-3-8(9)10/h1-4,9,12H,5-7H2. The number of hydrogen-bond acceptors (Lipinski definition) is 3. The molecule has 0 bridgehead atoms. The highest BCUT2D eigenvalue weighted by Gasteiger charge is 2.27. The number of sulfonamides is 1. The molecule has 1 aliphatic heterocycles. The molecule has 0 saturated heterocycles. The summed E-state index contributed by atoms with van der Waals surface area (Å²) in [5.41, 5.74) is 0.876. The summed E-state index contributed by atoms with van der Waals surface area (Å²) in [5.74, 6) is 0.749. The summed E-state index contributed by atoms with van der Waals surface area (Å²) in [6.45, 7) is 0.334. The van der Waals surface area contributed by atoms with Gasteiger partial charge in [-0.1, -0.05) is 18.2 Å². The summed E-state index contributed by atoms with van der Waals surface area (Å²) in [6, 6.07) is 7.09. The molecule has 1 atom stereocenters. The third kappa shape index (κ3) is 2.48. The highest BCUT2D eigenvalue weighted by molar-refractivity contribution is 7.89. The molecule has 1 heterocycles. The Morgan fingerprint density at radius 2 is 2.19 bits per heavy atom. The van der Waals surface area contributed by atoms with Crippen LogP contribution in [0.2, 0.25) is 0 Å². The van der Waals surface area contributed by atoms with Crippen LogP contribution in [0.15, 0.2) is 24.3 Å². The first-order valence-electron chi connectivity index (χ1n) is 4.90. The van der Waals surface area contributed by atoms with Gasteiger partial charge in [0.2, 0.25) is 10.0 Å². The highest BCUT2D eigenvalue weighted by atomic mass is 35.5. The minimum absolute atomic E-state index is 0.0762. The minimum atomic E-state index is -3.32. The van der Waals surface area contributed by atoms with Gasteiger partial charge in [0.15, 0.2) is 0 Å². The number of hydrogen-bond donors (Lipinski definition) is 1. The second-order valence-electron chi connectivity index (χ2n) is 3.53. The topological polar surface area (TPSA) is 55.4 Å². The third-order valence-corrected chi connectivity index (χ3v) is 4.17. The Bertz CT molecular complexity index is 475. The van der Waals surface area contributed by atoms with E-state index in [-0.39, 0.29) is 17.7 Å². The Morgan fingerprint density at radius 1 is 1.44 bits per heavy atom. The van der Waals surface area contributed by atoms with Gasteiger partial charge in [-0.15, -0.1) is 11.6 Å². The number of rotatable bonds is 4. The SMILES string of the molecule is O=S(=O)(CCCl)NC1COc2ccccc21. The van der Waals surface area contributed by atoms with Crippen molar-refractivity contribution in [2.75, 3.05) is 18.2 Å². The zero-order valence-corrected chi connectivity index (χ0v) is 10.1. The van der Waals surface area contributed by atoms with Crippen LogP contribution in [0.3, 0.4) is 0 Å². The smallest absolute Gasteiger partial charge is 0.213 e. The van der Waals surface area contributed by atoms with Gasteiger partial charge < -0.3 is 4.74 Å². The van der Waals surface area contributed by atoms with E-state index in [2.05, 4.69) is 4.72 Å². The summed E-state index contributed by atoms with van der Waals surface area (Å²) < 4.78 is 31.0. The average molecular weight is 262 g/mol. The number of ether oxygens (including phenoxy) is 1. The maximum absolute atomic E-state index is 11.5. The van der Waals surface area contributed by atoms with Crippen molar-refractivity contribution in [3.8, 4) is 5.75 Å². The molecule has 2 rings (SSSR count). The Hall–Kier alpha value is -0.780. The molecule has 4 nitrogen and oxygen atoms in total. The number of alkyl halides is 1. The lowest BCUT2D eigenvalue weighted by Crippen LogP contribution is -2.31. The molecule has 1 N–H and O–H groups in total. The molecule has 88 valence electrons. The Balaban J connectivity index is 2.15. The first-order valence-corrected chi connectivity index (χ1v) is 7.09. The second kappa shape index (κ2) is 4.61. The summed E-state index contributed by atoms with van der Waals surface area (Å²) in [7, 11) is -3.32. The molecule has 1 aromatic carbocycles. The van der Waals surface area contributed by atoms with Crippen molar-refractivity contribution in [1.29, 1.82) is 0 Å². The Morgan fingerprint density at radius 3 is 2.94 bits per heavy atom. The summed E-state index contributed by atoms with van der Waals surface area (Å²) in [5, 5.41) is 0. The molecule has 0 aliphatic carbocycles. The molecule has 0 amide bonds. The average Bonchev–Trinajstić information content (AvgIpc) is 2.61. The van der Waals surface area contributed by atoms with Crippen LogP contribution in [-0.4, -0.2) is 26.7 Å². The molecule has 0 radical (unpaired) electrons. The number of para-hydroxylation sites is 1. The number of benzene rings is 1. The van der Waals surface area contributed by atoms with Crippen molar-refractivity contribution in [3.05, 3.63) is 29.8 Å². The number of fused-ring (bicyclic) bond motifs is 1. The molecule has 0 aromatic heterocycles. The Labute approximate surface area is 99.6 Å². The van der Waals surface area contributed by atoms with Crippen LogP contribution in [0.1, 0.15) is 11.6 Å². The molecule has 0 spiro atoms. The largest absolute Gasteiger partial charge is 0.491 e. The summed E-state index contributed by atoms with van der Waals surface area (Å²) >= 11 is 5.42. The van der Waals surface area contributed by atoms with Crippen LogP contribution in [0.4, 0.5) is 0 Å². The van der Waals surface area contributed by atoms with E-state index in [1.807, 2.05) is 24.3 Å². The summed E-state index contributed by atoms with van der Waals surface area (Å²) in [6.07, 6.45) is 0. The van der Waals surface area contributed by atoms with Crippen LogP contribution < -0.4 is 9.46 Å². The minimum Gasteiger partial charge on any atom is -0.491 e. The first kappa shape index (κ1) is 11.7. The predicted molar refractivity (Wildman–Crippen MR) is 62.3 cm³/mol. The van der Waals surface area contributed by atoms with E-state index >= 15 is 0 Å². The number of halogens is 1. The molecule has 1 aliphatic rings. The third-order valence-electron chi connectivity index (χ3n) is 2.37. The van der Waals surface area contributed by atoms with Crippen LogP contribution in [0.25, 0.3) is 0 Å².